The Morgan fingerprint density at radius 3 is 2.37 bits per heavy atom. The van der Waals surface area contributed by atoms with Gasteiger partial charge in [-0.1, -0.05) is 32.9 Å². The third kappa shape index (κ3) is 4.87. The molecule has 0 saturated carbocycles. The van der Waals surface area contributed by atoms with Crippen LogP contribution in [0.15, 0.2) is 24.3 Å². The summed E-state index contributed by atoms with van der Waals surface area (Å²) in [7, 11) is 0. The van der Waals surface area contributed by atoms with E-state index in [1.54, 1.807) is 0 Å². The van der Waals surface area contributed by atoms with E-state index < -0.39 is 0 Å². The molecule has 1 N–H and O–H groups in total. The molecular weight excluding hydrogens is 232 g/mol. The quantitative estimate of drug-likeness (QED) is 0.803. The van der Waals surface area contributed by atoms with Gasteiger partial charge in [-0.25, -0.2) is 0 Å². The number of nitrogens with one attached hydrogen (secondary N) is 1. The minimum Gasteiger partial charge on any atom is -0.369 e. The third-order valence-corrected chi connectivity index (χ3v) is 3.84. The van der Waals surface area contributed by atoms with Gasteiger partial charge in [0.2, 0.25) is 0 Å². The average molecular weight is 262 g/mol. The molecule has 2 heteroatoms. The first kappa shape index (κ1) is 16.0. The molecule has 1 aromatic carbocycles. The maximum atomic E-state index is 3.54. The third-order valence-electron chi connectivity index (χ3n) is 3.84. The fourth-order valence-corrected chi connectivity index (χ4v) is 2.41. The van der Waals surface area contributed by atoms with Crippen LogP contribution in [0.3, 0.4) is 0 Å². The summed E-state index contributed by atoms with van der Waals surface area (Å²) in [5.74, 6) is 0.628. The molecule has 0 aromatic heterocycles. The first-order chi connectivity index (χ1) is 8.95. The van der Waals surface area contributed by atoms with E-state index >= 15 is 0 Å². The Hall–Kier alpha value is -1.02. The predicted octanol–water partition coefficient (Wildman–Crippen LogP) is 3.84. The van der Waals surface area contributed by atoms with Gasteiger partial charge in [0.1, 0.15) is 0 Å². The van der Waals surface area contributed by atoms with Crippen LogP contribution in [0.4, 0.5) is 5.69 Å². The van der Waals surface area contributed by atoms with E-state index in [1.165, 1.54) is 11.3 Å². The first-order valence-electron chi connectivity index (χ1n) is 7.52. The Kier molecular flexibility index (Phi) is 6.36. The van der Waals surface area contributed by atoms with Crippen LogP contribution in [0, 0.1) is 12.8 Å². The molecule has 0 fully saturated rings. The molecule has 2 unspecified atom stereocenters. The highest BCUT2D eigenvalue weighted by atomic mass is 15.2. The second-order valence-corrected chi connectivity index (χ2v) is 5.91. The van der Waals surface area contributed by atoms with Gasteiger partial charge >= 0.3 is 0 Å². The number of hydrogen-bond acceptors (Lipinski definition) is 2. The lowest BCUT2D eigenvalue weighted by Crippen LogP contribution is -2.42. The molecule has 0 amide bonds. The van der Waals surface area contributed by atoms with Crippen LogP contribution in [-0.2, 0) is 0 Å². The standard InChI is InChI=1S/C17H30N2/c1-7-19(17-10-8-9-14(4)11-17)16(6)15(5)12-18-13(2)3/h8-11,13,15-16,18H,7,12H2,1-6H3. The Bertz CT molecular complexity index is 373. The molecule has 0 radical (unpaired) electrons. The summed E-state index contributed by atoms with van der Waals surface area (Å²) in [4.78, 5) is 2.50. The topological polar surface area (TPSA) is 15.3 Å². The zero-order chi connectivity index (χ0) is 14.4. The van der Waals surface area contributed by atoms with Crippen LogP contribution in [0.1, 0.15) is 40.2 Å². The van der Waals surface area contributed by atoms with Crippen molar-refractivity contribution in [3.63, 3.8) is 0 Å². The van der Waals surface area contributed by atoms with Crippen LogP contribution in [0.2, 0.25) is 0 Å². The van der Waals surface area contributed by atoms with Gasteiger partial charge in [0, 0.05) is 24.3 Å². The molecule has 0 aliphatic rings. The highest BCUT2D eigenvalue weighted by molar-refractivity contribution is 5.49. The summed E-state index contributed by atoms with van der Waals surface area (Å²) in [6, 6.07) is 9.91. The Balaban J connectivity index is 2.73. The number of aryl methyl sites for hydroxylation is 1. The Morgan fingerprint density at radius 2 is 1.84 bits per heavy atom. The number of nitrogens with zero attached hydrogens (tertiary/aromatic N) is 1. The van der Waals surface area contributed by atoms with Crippen molar-refractivity contribution in [3.8, 4) is 0 Å². The minimum atomic E-state index is 0.540. The summed E-state index contributed by atoms with van der Waals surface area (Å²) in [5, 5.41) is 3.54. The molecule has 0 saturated heterocycles. The normalized spacial score (nSPS) is 14.5. The highest BCUT2D eigenvalue weighted by Crippen LogP contribution is 2.21. The number of anilines is 1. The summed E-state index contributed by atoms with van der Waals surface area (Å²) in [5.41, 5.74) is 2.67. The van der Waals surface area contributed by atoms with Crippen LogP contribution in [0.25, 0.3) is 0 Å². The van der Waals surface area contributed by atoms with Gasteiger partial charge in [-0.3, -0.25) is 0 Å². The molecule has 0 aliphatic carbocycles. The van der Waals surface area contributed by atoms with Crippen molar-refractivity contribution in [2.75, 3.05) is 18.0 Å². The molecule has 0 aliphatic heterocycles. The van der Waals surface area contributed by atoms with Crippen molar-refractivity contribution in [3.05, 3.63) is 29.8 Å². The van der Waals surface area contributed by atoms with Gasteiger partial charge in [0.15, 0.2) is 0 Å². The van der Waals surface area contributed by atoms with Gasteiger partial charge in [0.05, 0.1) is 0 Å². The van der Waals surface area contributed by atoms with E-state index in [-0.39, 0.29) is 0 Å². The molecule has 0 heterocycles. The summed E-state index contributed by atoms with van der Waals surface area (Å²) >= 11 is 0. The van der Waals surface area contributed by atoms with Crippen molar-refractivity contribution in [2.24, 2.45) is 5.92 Å². The first-order valence-corrected chi connectivity index (χ1v) is 7.52. The molecular formula is C17H30N2. The maximum Gasteiger partial charge on any atom is 0.0371 e. The van der Waals surface area contributed by atoms with E-state index in [9.17, 15) is 0 Å². The monoisotopic (exact) mass is 262 g/mol. The van der Waals surface area contributed by atoms with E-state index in [0.717, 1.165) is 13.1 Å². The smallest absolute Gasteiger partial charge is 0.0371 e. The van der Waals surface area contributed by atoms with Gasteiger partial charge < -0.3 is 10.2 Å². The van der Waals surface area contributed by atoms with E-state index in [4.69, 9.17) is 0 Å². The van der Waals surface area contributed by atoms with Crippen LogP contribution in [-0.4, -0.2) is 25.2 Å². The highest BCUT2D eigenvalue weighted by Gasteiger charge is 2.19. The molecule has 19 heavy (non-hydrogen) atoms. The molecule has 108 valence electrons. The molecule has 1 rings (SSSR count). The lowest BCUT2D eigenvalue weighted by Gasteiger charge is -2.35. The summed E-state index contributed by atoms with van der Waals surface area (Å²) < 4.78 is 0. The van der Waals surface area contributed by atoms with E-state index in [1.807, 2.05) is 0 Å². The van der Waals surface area contributed by atoms with Crippen molar-refractivity contribution in [2.45, 2.75) is 53.6 Å². The second kappa shape index (κ2) is 7.54. The largest absolute Gasteiger partial charge is 0.369 e. The minimum absolute atomic E-state index is 0.540. The van der Waals surface area contributed by atoms with Gasteiger partial charge in [-0.05, 0) is 50.9 Å². The number of hydrogen-bond donors (Lipinski definition) is 1. The van der Waals surface area contributed by atoms with Crippen LogP contribution in [0.5, 0.6) is 0 Å². The van der Waals surface area contributed by atoms with E-state index in [0.29, 0.717) is 18.0 Å². The van der Waals surface area contributed by atoms with Crippen LogP contribution < -0.4 is 10.2 Å². The van der Waals surface area contributed by atoms with Gasteiger partial charge in [-0.15, -0.1) is 0 Å². The summed E-state index contributed by atoms with van der Waals surface area (Å²) in [6.07, 6.45) is 0. The lowest BCUT2D eigenvalue weighted by molar-refractivity contribution is 0.407. The van der Waals surface area contributed by atoms with Crippen molar-refractivity contribution in [1.29, 1.82) is 0 Å². The Morgan fingerprint density at radius 1 is 1.16 bits per heavy atom. The predicted molar refractivity (Wildman–Crippen MR) is 86.0 cm³/mol. The molecule has 0 bridgehead atoms. The van der Waals surface area contributed by atoms with Crippen molar-refractivity contribution in [1.82, 2.24) is 5.32 Å². The Labute approximate surface area is 119 Å². The molecule has 1 aromatic rings. The van der Waals surface area contributed by atoms with Gasteiger partial charge in [-0.2, -0.15) is 0 Å². The number of rotatable bonds is 7. The van der Waals surface area contributed by atoms with Gasteiger partial charge in [0.25, 0.3) is 0 Å². The zero-order valence-corrected chi connectivity index (χ0v) is 13.4. The SMILES string of the molecule is CCN(c1cccc(C)c1)C(C)C(C)CNC(C)C. The maximum absolute atomic E-state index is 3.54. The molecule has 0 spiro atoms. The van der Waals surface area contributed by atoms with Crippen molar-refractivity contribution >= 4 is 5.69 Å². The average Bonchev–Trinajstić information content (AvgIpc) is 2.36. The van der Waals surface area contributed by atoms with E-state index in [2.05, 4.69) is 76.0 Å². The second-order valence-electron chi connectivity index (χ2n) is 5.91. The number of benzene rings is 1. The summed E-state index contributed by atoms with van der Waals surface area (Å²) in [6.45, 7) is 15.6. The molecule has 2 nitrogen and oxygen atoms in total. The van der Waals surface area contributed by atoms with Crippen molar-refractivity contribution < 1.29 is 0 Å². The zero-order valence-electron chi connectivity index (χ0n) is 13.4. The fourth-order valence-electron chi connectivity index (χ4n) is 2.41. The van der Waals surface area contributed by atoms with Crippen LogP contribution >= 0.6 is 0 Å². The fraction of sp³-hybridized carbons (Fsp3) is 0.647. The molecule has 2 atom stereocenters. The lowest BCUT2D eigenvalue weighted by atomic mass is 10.0.